The van der Waals surface area contributed by atoms with Crippen LogP contribution in [0.3, 0.4) is 0 Å². The molecule has 0 saturated heterocycles. The lowest BCUT2D eigenvalue weighted by Gasteiger charge is -2.28. The maximum absolute atomic E-state index is 5.16. The Kier molecular flexibility index (Phi) is 6.45. The van der Waals surface area contributed by atoms with Gasteiger partial charge in [-0.1, -0.05) is 100 Å². The van der Waals surface area contributed by atoms with Gasteiger partial charge >= 0.3 is 5.95 Å². The van der Waals surface area contributed by atoms with Gasteiger partial charge in [0.2, 0.25) is 12.0 Å². The SMILES string of the molecule is CC1=NN2C(=Nc3n(nc(C)[n+]3Cc3ccccc3)C2c2ccc(C)cc2)N1Cc1ccccc1.[Br-]. The Morgan fingerprint density at radius 2 is 1.44 bits per heavy atom. The third kappa shape index (κ3) is 4.22. The summed E-state index contributed by atoms with van der Waals surface area (Å²) in [6, 6.07) is 29.5. The Morgan fingerprint density at radius 3 is 2.11 bits per heavy atom. The first-order valence-electron chi connectivity index (χ1n) is 11.9. The summed E-state index contributed by atoms with van der Waals surface area (Å²) in [5, 5.41) is 11.9. The van der Waals surface area contributed by atoms with Crippen molar-refractivity contribution in [1.29, 1.82) is 0 Å². The Hall–Kier alpha value is -3.78. The van der Waals surface area contributed by atoms with E-state index in [0.717, 1.165) is 29.1 Å². The van der Waals surface area contributed by atoms with Gasteiger partial charge in [0.15, 0.2) is 0 Å². The molecule has 0 fully saturated rings. The molecule has 0 spiro atoms. The lowest BCUT2D eigenvalue weighted by atomic mass is 10.1. The van der Waals surface area contributed by atoms with Gasteiger partial charge in [-0.3, -0.25) is 4.90 Å². The van der Waals surface area contributed by atoms with E-state index in [-0.39, 0.29) is 23.1 Å². The van der Waals surface area contributed by atoms with Crippen molar-refractivity contribution in [2.24, 2.45) is 10.1 Å². The van der Waals surface area contributed by atoms with Crippen LogP contribution in [0.15, 0.2) is 95.0 Å². The Morgan fingerprint density at radius 1 is 0.806 bits per heavy atom. The number of aliphatic imine (C=N–C) groups is 1. The molecule has 1 unspecified atom stereocenters. The summed E-state index contributed by atoms with van der Waals surface area (Å²) in [5.41, 5.74) is 4.77. The maximum Gasteiger partial charge on any atom is 0.388 e. The van der Waals surface area contributed by atoms with Gasteiger partial charge in [0.25, 0.3) is 5.96 Å². The van der Waals surface area contributed by atoms with E-state index in [0.29, 0.717) is 13.1 Å². The number of halogens is 1. The Balaban J connectivity index is 0.00000267. The predicted molar refractivity (Wildman–Crippen MR) is 136 cm³/mol. The topological polar surface area (TPSA) is 52.9 Å². The summed E-state index contributed by atoms with van der Waals surface area (Å²) in [4.78, 5) is 7.35. The molecule has 2 aliphatic rings. The number of hydrogen-bond acceptors (Lipinski definition) is 5. The van der Waals surface area contributed by atoms with Crippen LogP contribution in [0.1, 0.15) is 41.2 Å². The number of rotatable bonds is 5. The first-order chi connectivity index (χ1) is 17.1. The summed E-state index contributed by atoms with van der Waals surface area (Å²) < 4.78 is 4.20. The number of nitrogens with zero attached hydrogens (tertiary/aromatic N) is 7. The lowest BCUT2D eigenvalue weighted by molar-refractivity contribution is -0.682. The molecule has 2 aliphatic heterocycles. The molecule has 0 saturated carbocycles. The fourth-order valence-electron chi connectivity index (χ4n) is 4.71. The molecule has 6 rings (SSSR count). The summed E-state index contributed by atoms with van der Waals surface area (Å²) in [6.45, 7) is 7.61. The van der Waals surface area contributed by atoms with E-state index in [1.165, 1.54) is 16.7 Å². The van der Waals surface area contributed by atoms with Crippen molar-refractivity contribution in [1.82, 2.24) is 19.7 Å². The monoisotopic (exact) mass is 541 g/mol. The van der Waals surface area contributed by atoms with Crippen molar-refractivity contribution in [2.75, 3.05) is 0 Å². The third-order valence-corrected chi connectivity index (χ3v) is 6.58. The van der Waals surface area contributed by atoms with E-state index in [9.17, 15) is 0 Å². The van der Waals surface area contributed by atoms with Crippen molar-refractivity contribution in [3.63, 3.8) is 0 Å². The number of hydrogen-bond donors (Lipinski definition) is 0. The molecule has 3 aromatic carbocycles. The average Bonchev–Trinajstić information content (AvgIpc) is 3.35. The molecule has 182 valence electrons. The van der Waals surface area contributed by atoms with Gasteiger partial charge in [0.05, 0.1) is 13.1 Å². The quantitative estimate of drug-likeness (QED) is 0.360. The maximum atomic E-state index is 5.16. The van der Waals surface area contributed by atoms with Crippen LogP contribution >= 0.6 is 0 Å². The van der Waals surface area contributed by atoms with Crippen LogP contribution < -0.4 is 21.5 Å². The van der Waals surface area contributed by atoms with Gasteiger partial charge in [-0.2, -0.15) is 10.1 Å². The van der Waals surface area contributed by atoms with Crippen molar-refractivity contribution in [3.05, 3.63) is 113 Å². The number of fused-ring (bicyclic) bond motifs is 2. The molecule has 3 heterocycles. The van der Waals surface area contributed by atoms with E-state index in [1.807, 2.05) is 35.7 Å². The lowest BCUT2D eigenvalue weighted by Crippen LogP contribution is -3.00. The molecular formula is C28H28BrN7. The minimum Gasteiger partial charge on any atom is -1.00 e. The van der Waals surface area contributed by atoms with E-state index >= 15 is 0 Å². The zero-order chi connectivity index (χ0) is 23.9. The Labute approximate surface area is 221 Å². The second-order valence-electron chi connectivity index (χ2n) is 9.12. The van der Waals surface area contributed by atoms with Crippen LogP contribution in [0.25, 0.3) is 0 Å². The Bertz CT molecular complexity index is 1430. The highest BCUT2D eigenvalue weighted by atomic mass is 79.9. The fourth-order valence-corrected chi connectivity index (χ4v) is 4.71. The van der Waals surface area contributed by atoms with E-state index < -0.39 is 0 Å². The minimum atomic E-state index is -0.218. The van der Waals surface area contributed by atoms with Gasteiger partial charge < -0.3 is 17.0 Å². The fraction of sp³-hybridized carbons (Fsp3) is 0.214. The van der Waals surface area contributed by atoms with Crippen LogP contribution in [0.4, 0.5) is 5.95 Å². The molecule has 8 heteroatoms. The zero-order valence-corrected chi connectivity index (χ0v) is 22.2. The molecule has 0 amide bonds. The largest absolute Gasteiger partial charge is 1.00 e. The highest BCUT2D eigenvalue weighted by Gasteiger charge is 2.46. The molecule has 7 nitrogen and oxygen atoms in total. The number of amidine groups is 1. The zero-order valence-electron chi connectivity index (χ0n) is 20.6. The summed E-state index contributed by atoms with van der Waals surface area (Å²) in [7, 11) is 0. The van der Waals surface area contributed by atoms with Gasteiger partial charge in [-0.05, 0) is 30.1 Å². The molecular weight excluding hydrogens is 514 g/mol. The highest BCUT2D eigenvalue weighted by molar-refractivity contribution is 6.03. The van der Waals surface area contributed by atoms with Crippen LogP contribution in [0.5, 0.6) is 0 Å². The first kappa shape index (κ1) is 23.9. The summed E-state index contributed by atoms with van der Waals surface area (Å²) in [5.74, 6) is 3.49. The van der Waals surface area contributed by atoms with Gasteiger partial charge in [0.1, 0.15) is 5.84 Å². The standard InChI is InChI=1S/C28H28N7.BrH/c1-20-14-16-25(17-15-20)26-34-27(32(21(2)30-34)18-23-10-6-4-7-11-23)29-28-33(22(3)31-35(26)28)19-24-12-8-5-9-13-24;/h4-17,26H,18-19H2,1-3H3;1H/q+1;/p-1. The molecule has 0 bridgehead atoms. The number of aryl methyl sites for hydroxylation is 2. The van der Waals surface area contributed by atoms with Gasteiger partial charge in [0, 0.05) is 12.5 Å². The van der Waals surface area contributed by atoms with E-state index in [1.54, 1.807) is 0 Å². The highest BCUT2D eigenvalue weighted by Crippen LogP contribution is 2.35. The number of aromatic nitrogens is 3. The van der Waals surface area contributed by atoms with Crippen LogP contribution in [0.2, 0.25) is 0 Å². The van der Waals surface area contributed by atoms with Crippen LogP contribution in [-0.2, 0) is 13.1 Å². The normalized spacial score (nSPS) is 16.1. The number of benzene rings is 3. The summed E-state index contributed by atoms with van der Waals surface area (Å²) in [6.07, 6.45) is -0.218. The van der Waals surface area contributed by atoms with E-state index in [2.05, 4.69) is 89.2 Å². The molecule has 0 aliphatic carbocycles. The third-order valence-electron chi connectivity index (χ3n) is 6.58. The van der Waals surface area contributed by atoms with Gasteiger partial charge in [-0.25, -0.2) is 4.57 Å². The predicted octanol–water partition coefficient (Wildman–Crippen LogP) is 1.54. The first-order valence-corrected chi connectivity index (χ1v) is 11.9. The van der Waals surface area contributed by atoms with Crippen molar-refractivity contribution >= 4 is 17.7 Å². The molecule has 1 atom stereocenters. The van der Waals surface area contributed by atoms with Crippen LogP contribution in [-0.4, -0.2) is 31.5 Å². The second kappa shape index (κ2) is 9.70. The van der Waals surface area contributed by atoms with Crippen LogP contribution in [0, 0.1) is 13.8 Å². The number of guanidine groups is 1. The molecule has 36 heavy (non-hydrogen) atoms. The van der Waals surface area contributed by atoms with E-state index in [4.69, 9.17) is 15.2 Å². The molecule has 0 N–H and O–H groups in total. The smallest absolute Gasteiger partial charge is 0.388 e. The van der Waals surface area contributed by atoms with Crippen molar-refractivity contribution in [3.8, 4) is 0 Å². The number of hydrazone groups is 1. The minimum absolute atomic E-state index is 0. The average molecular weight is 542 g/mol. The molecule has 1 aromatic heterocycles. The molecule has 4 aromatic rings. The van der Waals surface area contributed by atoms with Gasteiger partial charge in [-0.15, -0.1) is 0 Å². The van der Waals surface area contributed by atoms with Crippen molar-refractivity contribution in [2.45, 2.75) is 40.0 Å². The summed E-state index contributed by atoms with van der Waals surface area (Å²) >= 11 is 0. The molecule has 0 radical (unpaired) electrons. The van der Waals surface area contributed by atoms with Crippen molar-refractivity contribution < 1.29 is 21.5 Å². The second-order valence-corrected chi connectivity index (χ2v) is 9.12.